The molecule has 0 heterocycles. The van der Waals surface area contributed by atoms with Crippen LogP contribution in [-0.4, -0.2) is 18.9 Å². The van der Waals surface area contributed by atoms with Crippen molar-refractivity contribution in [2.24, 2.45) is 11.1 Å². The van der Waals surface area contributed by atoms with Gasteiger partial charge in [-0.05, 0) is 23.1 Å². The van der Waals surface area contributed by atoms with Crippen LogP contribution in [0.25, 0.3) is 0 Å². The van der Waals surface area contributed by atoms with Crippen molar-refractivity contribution in [1.82, 2.24) is 0 Å². The largest absolute Gasteiger partial charge is 0.494 e. The molecule has 0 aliphatic rings. The van der Waals surface area contributed by atoms with E-state index in [2.05, 4.69) is 0 Å². The van der Waals surface area contributed by atoms with E-state index in [1.165, 1.54) is 19.2 Å². The molecule has 0 spiro atoms. The number of hydrogen-bond acceptors (Lipinski definition) is 3. The second-order valence-electron chi connectivity index (χ2n) is 5.46. The smallest absolute Gasteiger partial charge is 0.165 e. The minimum atomic E-state index is -0.553. The van der Waals surface area contributed by atoms with Gasteiger partial charge in [0.15, 0.2) is 17.3 Å². The summed E-state index contributed by atoms with van der Waals surface area (Å²) in [6, 6.07) is 3.95. The second-order valence-corrected chi connectivity index (χ2v) is 5.46. The predicted molar refractivity (Wildman–Crippen MR) is 69.1 cm³/mol. The molecule has 1 aromatic rings. The summed E-state index contributed by atoms with van der Waals surface area (Å²) in [6.07, 6.45) is 0.138. The Balaban J connectivity index is 2.80. The van der Waals surface area contributed by atoms with E-state index >= 15 is 0 Å². The molecule has 1 unspecified atom stereocenters. The summed E-state index contributed by atoms with van der Waals surface area (Å²) in [4.78, 5) is 11.9. The molecule has 1 atom stereocenters. The number of ether oxygens (including phenoxy) is 1. The quantitative estimate of drug-likeness (QED) is 0.896. The molecule has 1 rings (SSSR count). The number of nitrogens with two attached hydrogens (primary N) is 1. The Bertz CT molecular complexity index is 438. The summed E-state index contributed by atoms with van der Waals surface area (Å²) in [5.41, 5.74) is 6.19. The highest BCUT2D eigenvalue weighted by atomic mass is 19.1. The predicted octanol–water partition coefficient (Wildman–Crippen LogP) is 2.32. The van der Waals surface area contributed by atoms with Gasteiger partial charge >= 0.3 is 0 Å². The Hall–Kier alpha value is -1.42. The summed E-state index contributed by atoms with van der Waals surface area (Å²) in [5.74, 6) is -0.384. The minimum Gasteiger partial charge on any atom is -0.494 e. The molecule has 2 N–H and O–H groups in total. The van der Waals surface area contributed by atoms with Gasteiger partial charge in [0.2, 0.25) is 0 Å². The Kier molecular flexibility index (Phi) is 4.46. The summed E-state index contributed by atoms with van der Waals surface area (Å²) >= 11 is 0. The lowest BCUT2D eigenvalue weighted by molar-refractivity contribution is -0.121. The van der Waals surface area contributed by atoms with Gasteiger partial charge in [-0.2, -0.15) is 0 Å². The van der Waals surface area contributed by atoms with E-state index in [0.717, 1.165) is 0 Å². The number of hydrogen-bond donors (Lipinski definition) is 1. The highest BCUT2D eigenvalue weighted by Gasteiger charge is 2.27. The number of benzene rings is 1. The van der Waals surface area contributed by atoms with E-state index in [-0.39, 0.29) is 23.4 Å². The maximum Gasteiger partial charge on any atom is 0.165 e. The van der Waals surface area contributed by atoms with E-state index in [4.69, 9.17) is 10.5 Å². The van der Waals surface area contributed by atoms with Crippen LogP contribution in [0.2, 0.25) is 0 Å². The van der Waals surface area contributed by atoms with Gasteiger partial charge in [0.05, 0.1) is 13.2 Å². The van der Waals surface area contributed by atoms with E-state index in [9.17, 15) is 9.18 Å². The van der Waals surface area contributed by atoms with Crippen molar-refractivity contribution in [2.75, 3.05) is 7.11 Å². The molecule has 0 radical (unpaired) electrons. The van der Waals surface area contributed by atoms with E-state index < -0.39 is 11.9 Å². The molecule has 4 heteroatoms. The third-order valence-electron chi connectivity index (χ3n) is 2.87. The van der Waals surface area contributed by atoms with Crippen LogP contribution < -0.4 is 10.5 Å². The summed E-state index contributed by atoms with van der Waals surface area (Å²) in [6.45, 7) is 5.72. The molecular formula is C14H20FNO2. The van der Waals surface area contributed by atoms with E-state index in [1.807, 2.05) is 20.8 Å². The van der Waals surface area contributed by atoms with Crippen LogP contribution in [0.4, 0.5) is 4.39 Å². The molecule has 0 aromatic heterocycles. The normalized spacial score (nSPS) is 13.2. The van der Waals surface area contributed by atoms with Crippen LogP contribution in [0.3, 0.4) is 0 Å². The van der Waals surface area contributed by atoms with Crippen LogP contribution in [0.1, 0.15) is 26.3 Å². The Labute approximate surface area is 107 Å². The van der Waals surface area contributed by atoms with Crippen molar-refractivity contribution in [3.8, 4) is 5.75 Å². The van der Waals surface area contributed by atoms with Crippen molar-refractivity contribution in [1.29, 1.82) is 0 Å². The fourth-order valence-electron chi connectivity index (χ4n) is 1.61. The number of carbonyl (C=O) groups excluding carboxylic acids is 1. The van der Waals surface area contributed by atoms with Gasteiger partial charge in [-0.1, -0.05) is 26.8 Å². The zero-order valence-electron chi connectivity index (χ0n) is 11.3. The maximum atomic E-state index is 13.5. The Morgan fingerprint density at radius 2 is 2.06 bits per heavy atom. The van der Waals surface area contributed by atoms with Crippen molar-refractivity contribution in [3.05, 3.63) is 29.6 Å². The summed E-state index contributed by atoms with van der Waals surface area (Å²) in [5, 5.41) is 0. The second kappa shape index (κ2) is 5.48. The van der Waals surface area contributed by atoms with Gasteiger partial charge in [0.1, 0.15) is 0 Å². The first-order valence-electron chi connectivity index (χ1n) is 5.86. The monoisotopic (exact) mass is 253 g/mol. The molecule has 0 bridgehead atoms. The molecule has 0 saturated carbocycles. The van der Waals surface area contributed by atoms with E-state index in [0.29, 0.717) is 5.56 Å². The Morgan fingerprint density at radius 1 is 1.44 bits per heavy atom. The van der Waals surface area contributed by atoms with Crippen LogP contribution in [0, 0.1) is 11.2 Å². The van der Waals surface area contributed by atoms with E-state index in [1.54, 1.807) is 6.07 Å². The van der Waals surface area contributed by atoms with Crippen molar-refractivity contribution in [3.63, 3.8) is 0 Å². The van der Waals surface area contributed by atoms with Gasteiger partial charge in [-0.25, -0.2) is 4.39 Å². The standard InChI is InChI=1S/C14H20FNO2/c1-14(2,3)13(16)11(17)8-9-5-6-12(18-4)10(15)7-9/h5-7,13H,8,16H2,1-4H3. The fraction of sp³-hybridized carbons (Fsp3) is 0.500. The van der Waals surface area contributed by atoms with Gasteiger partial charge in [0, 0.05) is 6.42 Å². The molecule has 1 aromatic carbocycles. The number of Topliss-reactive ketones (excluding diaryl/α,β-unsaturated/α-hetero) is 1. The SMILES string of the molecule is COc1ccc(CC(=O)C(N)C(C)(C)C)cc1F. The van der Waals surface area contributed by atoms with Crippen molar-refractivity contribution in [2.45, 2.75) is 33.2 Å². The van der Waals surface area contributed by atoms with Gasteiger partial charge in [-0.3, -0.25) is 4.79 Å². The first kappa shape index (κ1) is 14.6. The number of carbonyl (C=O) groups is 1. The molecule has 0 fully saturated rings. The molecule has 0 aliphatic heterocycles. The molecule has 0 aliphatic carbocycles. The molecular weight excluding hydrogens is 233 g/mol. The Morgan fingerprint density at radius 3 is 2.50 bits per heavy atom. The van der Waals surface area contributed by atoms with Gasteiger partial charge in [-0.15, -0.1) is 0 Å². The fourth-order valence-corrected chi connectivity index (χ4v) is 1.61. The molecule has 100 valence electrons. The maximum absolute atomic E-state index is 13.5. The van der Waals surface area contributed by atoms with Gasteiger partial charge < -0.3 is 10.5 Å². The van der Waals surface area contributed by atoms with Crippen molar-refractivity contribution < 1.29 is 13.9 Å². The number of halogens is 1. The summed E-state index contributed by atoms with van der Waals surface area (Å²) in [7, 11) is 1.40. The topological polar surface area (TPSA) is 52.3 Å². The number of ketones is 1. The molecule has 18 heavy (non-hydrogen) atoms. The first-order valence-corrected chi connectivity index (χ1v) is 5.86. The lowest BCUT2D eigenvalue weighted by atomic mass is 9.83. The third kappa shape index (κ3) is 3.53. The molecule has 0 amide bonds. The number of methoxy groups -OCH3 is 1. The average Bonchev–Trinajstić information content (AvgIpc) is 2.27. The van der Waals surface area contributed by atoms with Crippen molar-refractivity contribution >= 4 is 5.78 Å². The lowest BCUT2D eigenvalue weighted by Crippen LogP contribution is -2.43. The summed E-state index contributed by atoms with van der Waals surface area (Å²) < 4.78 is 18.3. The molecule has 3 nitrogen and oxygen atoms in total. The first-order chi connectivity index (χ1) is 8.25. The lowest BCUT2D eigenvalue weighted by Gasteiger charge is -2.25. The van der Waals surface area contributed by atoms with Crippen LogP contribution in [-0.2, 0) is 11.2 Å². The minimum absolute atomic E-state index is 0.0907. The number of rotatable bonds is 4. The highest BCUT2D eigenvalue weighted by molar-refractivity contribution is 5.86. The third-order valence-corrected chi connectivity index (χ3v) is 2.87. The van der Waals surface area contributed by atoms with Crippen LogP contribution in [0.5, 0.6) is 5.75 Å². The molecule has 0 saturated heterocycles. The average molecular weight is 253 g/mol. The van der Waals surface area contributed by atoms with Gasteiger partial charge in [0.25, 0.3) is 0 Å². The zero-order chi connectivity index (χ0) is 13.9. The highest BCUT2D eigenvalue weighted by Crippen LogP contribution is 2.21. The van der Waals surface area contributed by atoms with Crippen LogP contribution >= 0.6 is 0 Å². The van der Waals surface area contributed by atoms with Crippen LogP contribution in [0.15, 0.2) is 18.2 Å². The zero-order valence-corrected chi connectivity index (χ0v) is 11.3.